The number of unbranched alkanes of at least 4 members (excludes halogenated alkanes) is 12. The molecule has 0 rings (SSSR count). The number of hydrogen-bond donors (Lipinski definition) is 2. The van der Waals surface area contributed by atoms with Crippen molar-refractivity contribution < 1.29 is 18.8 Å². The van der Waals surface area contributed by atoms with Crippen LogP contribution in [0.3, 0.4) is 0 Å². The van der Waals surface area contributed by atoms with Crippen molar-refractivity contribution >= 4 is 13.5 Å². The van der Waals surface area contributed by atoms with E-state index >= 15 is 0 Å². The second kappa shape index (κ2) is 19.0. The third kappa shape index (κ3) is 20.2. The van der Waals surface area contributed by atoms with Gasteiger partial charge < -0.3 is 14.7 Å². The third-order valence-electron chi connectivity index (χ3n) is 4.78. The first kappa shape index (κ1) is 26.6. The summed E-state index contributed by atoms with van der Waals surface area (Å²) < 4.78 is 16.3. The van der Waals surface area contributed by atoms with Gasteiger partial charge in [0, 0.05) is 19.1 Å². The largest absolute Gasteiger partial charge is 0.356 e. The van der Waals surface area contributed by atoms with E-state index in [1.54, 1.807) is 6.92 Å². The summed E-state index contributed by atoms with van der Waals surface area (Å²) in [6.45, 7) is 4.89. The number of nitrogens with one attached hydrogen (secondary N) is 1. The predicted molar refractivity (Wildman–Crippen MR) is 114 cm³/mol. The minimum absolute atomic E-state index is 0.132. The molecule has 0 bridgehead atoms. The molecule has 0 fully saturated rings. The predicted octanol–water partition coefficient (Wildman–Crippen LogP) is 6.20. The summed E-state index contributed by atoms with van der Waals surface area (Å²) in [5.41, 5.74) is 0. The lowest BCUT2D eigenvalue weighted by Gasteiger charge is -2.10. The van der Waals surface area contributed by atoms with Crippen LogP contribution in [0, 0.1) is 0 Å². The molecule has 0 aliphatic rings. The van der Waals surface area contributed by atoms with Crippen molar-refractivity contribution in [3.05, 3.63) is 0 Å². The van der Waals surface area contributed by atoms with Crippen LogP contribution in [0.4, 0.5) is 0 Å². The van der Waals surface area contributed by atoms with Gasteiger partial charge in [-0.15, -0.1) is 0 Å². The van der Waals surface area contributed by atoms with E-state index < -0.39 is 7.60 Å². The molecule has 0 heterocycles. The zero-order chi connectivity index (χ0) is 20.2. The molecule has 0 aliphatic heterocycles. The number of hydrogen-bond acceptors (Lipinski definition) is 3. The first-order chi connectivity index (χ1) is 13.0. The summed E-state index contributed by atoms with van der Waals surface area (Å²) in [6, 6.07) is 0. The standard InChI is InChI=1S/C21H44NO4P/c1-3-5-6-7-8-9-10-11-12-13-15-18-21(23)22-19-16-14-17-20-27(24,25)26-4-2/h3-20H2,1-2H3,(H,22,23)(H,24,25). The van der Waals surface area contributed by atoms with Gasteiger partial charge in [0.1, 0.15) is 0 Å². The van der Waals surface area contributed by atoms with Crippen molar-refractivity contribution in [3.8, 4) is 0 Å². The molecular weight excluding hydrogens is 361 g/mol. The van der Waals surface area contributed by atoms with Crippen molar-refractivity contribution in [1.29, 1.82) is 0 Å². The van der Waals surface area contributed by atoms with Gasteiger partial charge in [-0.2, -0.15) is 0 Å². The second-order valence-corrected chi connectivity index (χ2v) is 9.46. The molecule has 0 aliphatic carbocycles. The Kier molecular flexibility index (Phi) is 18.7. The van der Waals surface area contributed by atoms with Gasteiger partial charge in [0.15, 0.2) is 0 Å². The van der Waals surface area contributed by atoms with Crippen LogP contribution in [0.25, 0.3) is 0 Å². The number of rotatable bonds is 20. The summed E-state index contributed by atoms with van der Waals surface area (Å²) in [5.74, 6) is 0.132. The average Bonchev–Trinajstić information content (AvgIpc) is 2.62. The molecule has 0 aromatic rings. The highest BCUT2D eigenvalue weighted by Crippen LogP contribution is 2.42. The molecule has 0 spiro atoms. The Morgan fingerprint density at radius 3 is 1.89 bits per heavy atom. The molecule has 5 nitrogen and oxygen atoms in total. The monoisotopic (exact) mass is 405 g/mol. The van der Waals surface area contributed by atoms with Crippen LogP contribution in [0.5, 0.6) is 0 Å². The summed E-state index contributed by atoms with van der Waals surface area (Å²) in [5, 5.41) is 2.94. The lowest BCUT2D eigenvalue weighted by molar-refractivity contribution is -0.121. The van der Waals surface area contributed by atoms with E-state index in [1.807, 2.05) is 0 Å². The SMILES string of the molecule is CCCCCCCCCCCCCC(=O)NCCCCCP(=O)(O)OCC. The first-order valence-corrected chi connectivity index (χ1v) is 13.0. The fourth-order valence-electron chi connectivity index (χ4n) is 3.15. The molecule has 0 saturated heterocycles. The fraction of sp³-hybridized carbons (Fsp3) is 0.952. The Morgan fingerprint density at radius 2 is 1.33 bits per heavy atom. The van der Waals surface area contributed by atoms with Gasteiger partial charge in [0.25, 0.3) is 0 Å². The molecule has 27 heavy (non-hydrogen) atoms. The van der Waals surface area contributed by atoms with Crippen LogP contribution < -0.4 is 5.32 Å². The van der Waals surface area contributed by atoms with Gasteiger partial charge in [0.05, 0.1) is 6.61 Å². The molecular formula is C21H44NO4P. The minimum atomic E-state index is -3.38. The van der Waals surface area contributed by atoms with Crippen molar-refractivity contribution in [2.45, 2.75) is 110 Å². The van der Waals surface area contributed by atoms with E-state index in [-0.39, 0.29) is 18.7 Å². The highest BCUT2D eigenvalue weighted by molar-refractivity contribution is 7.52. The van der Waals surface area contributed by atoms with Gasteiger partial charge in [0.2, 0.25) is 5.91 Å². The molecule has 1 atom stereocenters. The summed E-state index contributed by atoms with van der Waals surface area (Å²) in [7, 11) is -3.38. The van der Waals surface area contributed by atoms with E-state index in [0.29, 0.717) is 19.4 Å². The summed E-state index contributed by atoms with van der Waals surface area (Å²) in [4.78, 5) is 21.2. The van der Waals surface area contributed by atoms with Crippen molar-refractivity contribution in [1.82, 2.24) is 5.32 Å². The Bertz CT molecular complexity index is 390. The number of amides is 1. The molecule has 0 radical (unpaired) electrons. The quantitative estimate of drug-likeness (QED) is 0.187. The van der Waals surface area contributed by atoms with E-state index in [1.165, 1.54) is 57.8 Å². The molecule has 0 saturated carbocycles. The second-order valence-electron chi connectivity index (χ2n) is 7.47. The topological polar surface area (TPSA) is 75.6 Å². The van der Waals surface area contributed by atoms with Gasteiger partial charge in [-0.05, 0) is 26.2 Å². The van der Waals surface area contributed by atoms with E-state index in [0.717, 1.165) is 25.7 Å². The van der Waals surface area contributed by atoms with Crippen molar-refractivity contribution in [2.24, 2.45) is 0 Å². The highest BCUT2D eigenvalue weighted by atomic mass is 31.2. The maximum absolute atomic E-state index is 11.8. The van der Waals surface area contributed by atoms with E-state index in [4.69, 9.17) is 4.52 Å². The summed E-state index contributed by atoms with van der Waals surface area (Å²) in [6.07, 6.45) is 17.4. The van der Waals surface area contributed by atoms with Crippen molar-refractivity contribution in [3.63, 3.8) is 0 Å². The maximum atomic E-state index is 11.8. The van der Waals surface area contributed by atoms with Crippen LogP contribution >= 0.6 is 7.60 Å². The molecule has 162 valence electrons. The number of carbonyl (C=O) groups excluding carboxylic acids is 1. The average molecular weight is 406 g/mol. The highest BCUT2D eigenvalue weighted by Gasteiger charge is 2.16. The van der Waals surface area contributed by atoms with E-state index in [9.17, 15) is 14.3 Å². The lowest BCUT2D eigenvalue weighted by atomic mass is 10.1. The molecule has 0 aromatic heterocycles. The molecule has 0 aromatic carbocycles. The molecule has 1 unspecified atom stereocenters. The van der Waals surface area contributed by atoms with Gasteiger partial charge in [-0.3, -0.25) is 9.36 Å². The molecule has 6 heteroatoms. The fourth-order valence-corrected chi connectivity index (χ4v) is 4.30. The number of carbonyl (C=O) groups is 1. The van der Waals surface area contributed by atoms with Crippen LogP contribution in [0.1, 0.15) is 110 Å². The normalized spacial score (nSPS) is 13.4. The van der Waals surface area contributed by atoms with Gasteiger partial charge in [-0.1, -0.05) is 77.6 Å². The molecule has 2 N–H and O–H groups in total. The Labute approximate surface area is 167 Å². The maximum Gasteiger partial charge on any atom is 0.328 e. The Balaban J connectivity index is 3.30. The minimum Gasteiger partial charge on any atom is -0.356 e. The van der Waals surface area contributed by atoms with Crippen LogP contribution in [0.2, 0.25) is 0 Å². The van der Waals surface area contributed by atoms with Crippen LogP contribution in [-0.4, -0.2) is 30.1 Å². The van der Waals surface area contributed by atoms with Crippen LogP contribution in [-0.2, 0) is 13.9 Å². The zero-order valence-electron chi connectivity index (χ0n) is 17.8. The van der Waals surface area contributed by atoms with E-state index in [2.05, 4.69) is 12.2 Å². The smallest absolute Gasteiger partial charge is 0.328 e. The van der Waals surface area contributed by atoms with Crippen molar-refractivity contribution in [2.75, 3.05) is 19.3 Å². The van der Waals surface area contributed by atoms with Gasteiger partial charge >= 0.3 is 7.60 Å². The van der Waals surface area contributed by atoms with Crippen LogP contribution in [0.15, 0.2) is 0 Å². The molecule has 1 amide bonds. The third-order valence-corrected chi connectivity index (χ3v) is 6.32. The Hall–Kier alpha value is -0.380. The first-order valence-electron chi connectivity index (χ1n) is 11.2. The zero-order valence-corrected chi connectivity index (χ0v) is 18.7. The lowest BCUT2D eigenvalue weighted by Crippen LogP contribution is -2.24. The van der Waals surface area contributed by atoms with Gasteiger partial charge in [-0.25, -0.2) is 0 Å². The Morgan fingerprint density at radius 1 is 0.815 bits per heavy atom. The summed E-state index contributed by atoms with van der Waals surface area (Å²) >= 11 is 0.